The number of aliphatic hydroxyl groups is 1. The van der Waals surface area contributed by atoms with Crippen LogP contribution in [0.25, 0.3) is 0 Å². The molecule has 1 aliphatic rings. The number of nitrogens with one attached hydrogen (secondary N) is 1. The van der Waals surface area contributed by atoms with Gasteiger partial charge in [0.1, 0.15) is 0 Å². The molecule has 110 valence electrons. The molecule has 0 radical (unpaired) electrons. The fraction of sp³-hybridized carbons (Fsp3) is 0.571. The Bertz CT molecular complexity index is 461. The predicted octanol–water partition coefficient (Wildman–Crippen LogP) is 1.10. The first-order chi connectivity index (χ1) is 9.61. The topological polar surface area (TPSA) is 69.6 Å². The lowest BCUT2D eigenvalue weighted by Gasteiger charge is -2.21. The Kier molecular flexibility index (Phi) is 5.14. The highest BCUT2D eigenvalue weighted by Gasteiger charge is 2.28. The van der Waals surface area contributed by atoms with Crippen LogP contribution in [-0.4, -0.2) is 48.1 Å². The maximum Gasteiger partial charge on any atom is 0.264 e. The van der Waals surface area contributed by atoms with E-state index in [9.17, 15) is 14.7 Å². The van der Waals surface area contributed by atoms with Crippen molar-refractivity contribution in [3.05, 3.63) is 22.4 Å². The first-order valence-electron chi connectivity index (χ1n) is 6.81. The van der Waals surface area contributed by atoms with Gasteiger partial charge in [0, 0.05) is 25.6 Å². The van der Waals surface area contributed by atoms with Gasteiger partial charge in [-0.25, -0.2) is 0 Å². The van der Waals surface area contributed by atoms with E-state index in [-0.39, 0.29) is 36.9 Å². The average molecular weight is 296 g/mol. The van der Waals surface area contributed by atoms with Crippen LogP contribution >= 0.6 is 11.3 Å². The van der Waals surface area contributed by atoms with Gasteiger partial charge in [-0.3, -0.25) is 9.59 Å². The van der Waals surface area contributed by atoms with Crippen molar-refractivity contribution in [3.63, 3.8) is 0 Å². The van der Waals surface area contributed by atoms with Gasteiger partial charge in [0.25, 0.3) is 5.91 Å². The largest absolute Gasteiger partial charge is 0.396 e. The third-order valence-electron chi connectivity index (χ3n) is 3.70. The molecule has 20 heavy (non-hydrogen) atoms. The van der Waals surface area contributed by atoms with Crippen LogP contribution in [0.5, 0.6) is 0 Å². The second kappa shape index (κ2) is 6.85. The smallest absolute Gasteiger partial charge is 0.264 e. The van der Waals surface area contributed by atoms with Gasteiger partial charge in [-0.15, -0.1) is 11.3 Å². The summed E-state index contributed by atoms with van der Waals surface area (Å²) in [6.45, 7) is 0.153. The normalized spacial score (nSPS) is 21.7. The number of rotatable bonds is 5. The summed E-state index contributed by atoms with van der Waals surface area (Å²) >= 11 is 1.37. The number of hydrogen-bond donors (Lipinski definition) is 2. The van der Waals surface area contributed by atoms with Crippen LogP contribution in [0.3, 0.4) is 0 Å². The van der Waals surface area contributed by atoms with Gasteiger partial charge in [0.2, 0.25) is 5.91 Å². The molecular formula is C14H20N2O3S. The van der Waals surface area contributed by atoms with Gasteiger partial charge in [-0.2, -0.15) is 0 Å². The highest BCUT2D eigenvalue weighted by Crippen LogP contribution is 2.24. The Hall–Kier alpha value is -1.40. The number of carbonyl (C=O) groups is 2. The van der Waals surface area contributed by atoms with E-state index in [0.29, 0.717) is 4.88 Å². The molecule has 0 aromatic carbocycles. The Balaban J connectivity index is 1.83. The summed E-state index contributed by atoms with van der Waals surface area (Å²) in [7, 11) is 1.62. The Morgan fingerprint density at radius 1 is 1.50 bits per heavy atom. The van der Waals surface area contributed by atoms with Gasteiger partial charge in [0.15, 0.2) is 0 Å². The van der Waals surface area contributed by atoms with Crippen molar-refractivity contribution >= 4 is 23.2 Å². The van der Waals surface area contributed by atoms with Crippen molar-refractivity contribution in [2.75, 3.05) is 20.2 Å². The van der Waals surface area contributed by atoms with Crippen LogP contribution in [0.1, 0.15) is 28.9 Å². The third-order valence-corrected chi connectivity index (χ3v) is 4.56. The molecule has 1 aliphatic carbocycles. The van der Waals surface area contributed by atoms with Gasteiger partial charge in [-0.1, -0.05) is 12.5 Å². The molecule has 0 spiro atoms. The molecule has 5 nitrogen and oxygen atoms in total. The lowest BCUT2D eigenvalue weighted by Crippen LogP contribution is -2.44. The molecule has 2 amide bonds. The zero-order valence-electron chi connectivity index (χ0n) is 11.5. The molecule has 1 fully saturated rings. The highest BCUT2D eigenvalue weighted by molar-refractivity contribution is 7.12. The van der Waals surface area contributed by atoms with Crippen molar-refractivity contribution in [2.24, 2.45) is 5.92 Å². The number of nitrogens with zero attached hydrogens (tertiary/aromatic N) is 1. The minimum Gasteiger partial charge on any atom is -0.396 e. The quantitative estimate of drug-likeness (QED) is 0.855. The lowest BCUT2D eigenvalue weighted by molar-refractivity contribution is -0.122. The van der Waals surface area contributed by atoms with E-state index in [1.807, 2.05) is 11.4 Å². The molecule has 0 aliphatic heterocycles. The third kappa shape index (κ3) is 3.58. The fourth-order valence-electron chi connectivity index (χ4n) is 2.57. The number of hydrogen-bond acceptors (Lipinski definition) is 4. The number of thiophene rings is 1. The molecule has 0 saturated heterocycles. The zero-order chi connectivity index (χ0) is 14.5. The van der Waals surface area contributed by atoms with Gasteiger partial charge < -0.3 is 15.3 Å². The summed E-state index contributed by atoms with van der Waals surface area (Å²) in [5, 5.41) is 14.0. The fourth-order valence-corrected chi connectivity index (χ4v) is 3.29. The van der Waals surface area contributed by atoms with E-state index in [0.717, 1.165) is 19.3 Å². The molecule has 1 saturated carbocycles. The second-order valence-electron chi connectivity index (χ2n) is 5.19. The van der Waals surface area contributed by atoms with Crippen LogP contribution in [0.15, 0.2) is 17.5 Å². The summed E-state index contributed by atoms with van der Waals surface area (Å²) < 4.78 is 0. The van der Waals surface area contributed by atoms with Crippen LogP contribution in [0, 0.1) is 5.92 Å². The molecule has 2 rings (SSSR count). The maximum atomic E-state index is 12.0. The predicted molar refractivity (Wildman–Crippen MR) is 77.6 cm³/mol. The molecule has 2 N–H and O–H groups in total. The maximum absolute atomic E-state index is 12.0. The van der Waals surface area contributed by atoms with Crippen LogP contribution in [0.2, 0.25) is 0 Å². The van der Waals surface area contributed by atoms with E-state index in [1.54, 1.807) is 13.1 Å². The molecule has 1 heterocycles. The molecule has 1 aromatic heterocycles. The van der Waals surface area contributed by atoms with E-state index in [1.165, 1.54) is 16.2 Å². The first kappa shape index (κ1) is 15.0. The van der Waals surface area contributed by atoms with Gasteiger partial charge in [-0.05, 0) is 24.3 Å². The molecular weight excluding hydrogens is 276 g/mol. The standard InChI is InChI=1S/C14H20N2O3S/c1-16(14(19)12-6-3-7-20-12)8-13(18)15-11-5-2-4-10(11)9-17/h3,6-7,10-11,17H,2,4-5,8-9H2,1H3,(H,15,18). The van der Waals surface area contributed by atoms with E-state index < -0.39 is 0 Å². The molecule has 2 atom stereocenters. The summed E-state index contributed by atoms with van der Waals surface area (Å²) in [5.41, 5.74) is 0. The summed E-state index contributed by atoms with van der Waals surface area (Å²) in [4.78, 5) is 26.0. The van der Waals surface area contributed by atoms with Crippen molar-refractivity contribution in [1.29, 1.82) is 0 Å². The second-order valence-corrected chi connectivity index (χ2v) is 6.13. The lowest BCUT2D eigenvalue weighted by atomic mass is 10.1. The van der Waals surface area contributed by atoms with Crippen LogP contribution < -0.4 is 5.32 Å². The monoisotopic (exact) mass is 296 g/mol. The first-order valence-corrected chi connectivity index (χ1v) is 7.69. The van der Waals surface area contributed by atoms with Crippen LogP contribution in [-0.2, 0) is 4.79 Å². The number of carbonyl (C=O) groups excluding carboxylic acids is 2. The van der Waals surface area contributed by atoms with Crippen molar-refractivity contribution in [2.45, 2.75) is 25.3 Å². The average Bonchev–Trinajstić information content (AvgIpc) is 3.08. The van der Waals surface area contributed by atoms with Gasteiger partial charge in [0.05, 0.1) is 11.4 Å². The summed E-state index contributed by atoms with van der Waals surface area (Å²) in [5.74, 6) is -0.153. The van der Waals surface area contributed by atoms with Crippen molar-refractivity contribution in [3.8, 4) is 0 Å². The minimum atomic E-state index is -0.164. The SMILES string of the molecule is CN(CC(=O)NC1CCCC1CO)C(=O)c1cccs1. The number of likely N-dealkylation sites (N-methyl/N-ethyl adjacent to an activating group) is 1. The molecule has 6 heteroatoms. The number of aliphatic hydroxyl groups excluding tert-OH is 1. The molecule has 2 unspecified atom stereocenters. The van der Waals surface area contributed by atoms with E-state index >= 15 is 0 Å². The summed E-state index contributed by atoms with van der Waals surface area (Å²) in [6.07, 6.45) is 2.88. The van der Waals surface area contributed by atoms with Crippen molar-refractivity contribution < 1.29 is 14.7 Å². The minimum absolute atomic E-state index is 0.0396. The van der Waals surface area contributed by atoms with E-state index in [4.69, 9.17) is 0 Å². The highest BCUT2D eigenvalue weighted by atomic mass is 32.1. The van der Waals surface area contributed by atoms with E-state index in [2.05, 4.69) is 5.32 Å². The Morgan fingerprint density at radius 3 is 2.95 bits per heavy atom. The van der Waals surface area contributed by atoms with Crippen molar-refractivity contribution in [1.82, 2.24) is 10.2 Å². The van der Waals surface area contributed by atoms with Gasteiger partial charge >= 0.3 is 0 Å². The zero-order valence-corrected chi connectivity index (χ0v) is 12.4. The number of amides is 2. The Morgan fingerprint density at radius 2 is 2.30 bits per heavy atom. The molecule has 0 bridgehead atoms. The summed E-state index contributed by atoms with van der Waals surface area (Å²) in [6, 6.07) is 3.61. The Labute approximate surface area is 122 Å². The van der Waals surface area contributed by atoms with Crippen LogP contribution in [0.4, 0.5) is 0 Å². The molecule has 1 aromatic rings.